The standard InChI is InChI=1S/C26H22ClNO6/c1-32-22-12-8-17(14-23(22)33-2)9-13-25(30)34-16-24(29)28-21-11-10-19(27)15-20(21)26(31)18-6-4-3-5-7-18/h3-15H,16H2,1-2H3,(H,28,29)/b13-9+. The maximum atomic E-state index is 12.9. The molecule has 0 aliphatic heterocycles. The van der Waals surface area contributed by atoms with Gasteiger partial charge >= 0.3 is 5.97 Å². The first-order chi connectivity index (χ1) is 16.4. The molecule has 0 aromatic heterocycles. The van der Waals surface area contributed by atoms with Crippen molar-refractivity contribution in [2.75, 3.05) is 26.1 Å². The number of ether oxygens (including phenoxy) is 3. The Kier molecular flexibility index (Phi) is 8.43. The third kappa shape index (κ3) is 6.46. The SMILES string of the molecule is COc1ccc(/C=C/C(=O)OCC(=O)Nc2ccc(Cl)cc2C(=O)c2ccccc2)cc1OC. The zero-order valence-corrected chi connectivity index (χ0v) is 19.3. The first-order valence-corrected chi connectivity index (χ1v) is 10.5. The molecule has 0 atom stereocenters. The van der Waals surface area contributed by atoms with Crippen molar-refractivity contribution < 1.29 is 28.6 Å². The van der Waals surface area contributed by atoms with E-state index in [1.54, 1.807) is 54.6 Å². The molecule has 0 aliphatic rings. The first kappa shape index (κ1) is 24.5. The van der Waals surface area contributed by atoms with Crippen molar-refractivity contribution in [1.82, 2.24) is 0 Å². The van der Waals surface area contributed by atoms with Gasteiger partial charge < -0.3 is 19.5 Å². The lowest BCUT2D eigenvalue weighted by molar-refractivity contribution is -0.142. The number of ketones is 1. The summed E-state index contributed by atoms with van der Waals surface area (Å²) in [6.07, 6.45) is 2.72. The highest BCUT2D eigenvalue weighted by Gasteiger charge is 2.16. The van der Waals surface area contributed by atoms with Crippen LogP contribution >= 0.6 is 11.6 Å². The van der Waals surface area contributed by atoms with Gasteiger partial charge in [-0.1, -0.05) is 48.0 Å². The number of rotatable bonds is 9. The Hall–Kier alpha value is -4.10. The third-order valence-corrected chi connectivity index (χ3v) is 4.94. The second kappa shape index (κ2) is 11.7. The van der Waals surface area contributed by atoms with Crippen LogP contribution < -0.4 is 14.8 Å². The number of carbonyl (C=O) groups excluding carboxylic acids is 3. The van der Waals surface area contributed by atoms with E-state index >= 15 is 0 Å². The zero-order chi connectivity index (χ0) is 24.5. The summed E-state index contributed by atoms with van der Waals surface area (Å²) in [5.41, 5.74) is 1.63. The van der Waals surface area contributed by atoms with Crippen LogP contribution in [0.25, 0.3) is 6.08 Å². The molecular formula is C26H22ClNO6. The van der Waals surface area contributed by atoms with Gasteiger partial charge in [0.2, 0.25) is 0 Å². The maximum Gasteiger partial charge on any atom is 0.331 e. The minimum absolute atomic E-state index is 0.228. The van der Waals surface area contributed by atoms with Crippen LogP contribution in [0.5, 0.6) is 11.5 Å². The molecule has 0 heterocycles. The second-order valence-corrected chi connectivity index (χ2v) is 7.43. The molecular weight excluding hydrogens is 458 g/mol. The van der Waals surface area contributed by atoms with Crippen molar-refractivity contribution in [2.45, 2.75) is 0 Å². The van der Waals surface area contributed by atoms with Crippen molar-refractivity contribution in [3.8, 4) is 11.5 Å². The van der Waals surface area contributed by atoms with Crippen LogP contribution in [-0.4, -0.2) is 38.5 Å². The second-order valence-electron chi connectivity index (χ2n) is 6.99. The summed E-state index contributed by atoms with van der Waals surface area (Å²) in [6, 6.07) is 18.3. The lowest BCUT2D eigenvalue weighted by Gasteiger charge is -2.11. The molecule has 0 radical (unpaired) electrons. The van der Waals surface area contributed by atoms with E-state index in [9.17, 15) is 14.4 Å². The number of amides is 1. The number of hydrogen-bond acceptors (Lipinski definition) is 6. The fraction of sp³-hybridized carbons (Fsp3) is 0.115. The highest BCUT2D eigenvalue weighted by atomic mass is 35.5. The normalized spacial score (nSPS) is 10.6. The van der Waals surface area contributed by atoms with Crippen molar-refractivity contribution in [1.29, 1.82) is 0 Å². The quantitative estimate of drug-likeness (QED) is 0.270. The van der Waals surface area contributed by atoms with Gasteiger partial charge in [0, 0.05) is 22.2 Å². The Bertz CT molecular complexity index is 1220. The number of anilines is 1. The molecule has 1 N–H and O–H groups in total. The minimum Gasteiger partial charge on any atom is -0.493 e. The predicted octanol–water partition coefficient (Wildman–Crippen LogP) is 4.78. The molecule has 3 rings (SSSR count). The van der Waals surface area contributed by atoms with Gasteiger partial charge in [0.25, 0.3) is 5.91 Å². The van der Waals surface area contributed by atoms with Gasteiger partial charge in [-0.05, 0) is 42.0 Å². The van der Waals surface area contributed by atoms with Gasteiger partial charge in [-0.25, -0.2) is 4.79 Å². The van der Waals surface area contributed by atoms with E-state index < -0.39 is 18.5 Å². The molecule has 0 saturated heterocycles. The van der Waals surface area contributed by atoms with E-state index in [-0.39, 0.29) is 17.0 Å². The van der Waals surface area contributed by atoms with Crippen LogP contribution in [0.15, 0.2) is 72.8 Å². The van der Waals surface area contributed by atoms with Crippen LogP contribution in [0, 0.1) is 0 Å². The molecule has 7 nitrogen and oxygen atoms in total. The summed E-state index contributed by atoms with van der Waals surface area (Å²) in [5.74, 6) is -0.528. The molecule has 0 spiro atoms. The predicted molar refractivity (Wildman–Crippen MR) is 129 cm³/mol. The van der Waals surface area contributed by atoms with Gasteiger partial charge in [0.15, 0.2) is 23.9 Å². The van der Waals surface area contributed by atoms with Crippen LogP contribution in [0.2, 0.25) is 5.02 Å². The highest BCUT2D eigenvalue weighted by Crippen LogP contribution is 2.28. The largest absolute Gasteiger partial charge is 0.493 e. The molecule has 3 aromatic carbocycles. The van der Waals surface area contributed by atoms with Crippen molar-refractivity contribution in [2.24, 2.45) is 0 Å². The van der Waals surface area contributed by atoms with E-state index in [4.69, 9.17) is 25.8 Å². The summed E-state index contributed by atoms with van der Waals surface area (Å²) >= 11 is 6.05. The number of hydrogen-bond donors (Lipinski definition) is 1. The number of benzene rings is 3. The Morgan fingerprint density at radius 3 is 2.35 bits per heavy atom. The fourth-order valence-corrected chi connectivity index (χ4v) is 3.22. The van der Waals surface area contributed by atoms with E-state index in [2.05, 4.69) is 5.32 Å². The molecule has 8 heteroatoms. The smallest absolute Gasteiger partial charge is 0.331 e. The molecule has 174 valence electrons. The van der Waals surface area contributed by atoms with Gasteiger partial charge in [-0.15, -0.1) is 0 Å². The Balaban J connectivity index is 1.62. The molecule has 0 saturated carbocycles. The summed E-state index contributed by atoms with van der Waals surface area (Å²) in [5, 5.41) is 2.95. The van der Waals surface area contributed by atoms with Gasteiger partial charge in [0.05, 0.1) is 19.9 Å². The number of carbonyl (C=O) groups is 3. The summed E-state index contributed by atoms with van der Waals surface area (Å²) in [6.45, 7) is -0.531. The van der Waals surface area contributed by atoms with Crippen molar-refractivity contribution in [3.63, 3.8) is 0 Å². The van der Waals surface area contributed by atoms with Crippen molar-refractivity contribution >= 4 is 41.0 Å². The Morgan fingerprint density at radius 1 is 0.912 bits per heavy atom. The number of nitrogens with one attached hydrogen (secondary N) is 1. The number of esters is 1. The third-order valence-electron chi connectivity index (χ3n) is 4.70. The average Bonchev–Trinajstić information content (AvgIpc) is 2.87. The van der Waals surface area contributed by atoms with Crippen LogP contribution in [0.4, 0.5) is 5.69 Å². The lowest BCUT2D eigenvalue weighted by atomic mass is 10.0. The Labute approximate surface area is 201 Å². The van der Waals surface area contributed by atoms with E-state index in [0.717, 1.165) is 0 Å². The van der Waals surface area contributed by atoms with Crippen molar-refractivity contribution in [3.05, 3.63) is 94.5 Å². The molecule has 1 amide bonds. The number of halogens is 1. The molecule has 0 aliphatic carbocycles. The van der Waals surface area contributed by atoms with E-state index in [1.165, 1.54) is 38.5 Å². The molecule has 0 unspecified atom stereocenters. The van der Waals surface area contributed by atoms with Crippen LogP contribution in [0.1, 0.15) is 21.5 Å². The zero-order valence-electron chi connectivity index (χ0n) is 18.5. The van der Waals surface area contributed by atoms with Gasteiger partial charge in [0.1, 0.15) is 0 Å². The number of methoxy groups -OCH3 is 2. The monoisotopic (exact) mass is 479 g/mol. The van der Waals surface area contributed by atoms with Gasteiger partial charge in [-0.3, -0.25) is 9.59 Å². The van der Waals surface area contributed by atoms with E-state index in [1.807, 2.05) is 0 Å². The van der Waals surface area contributed by atoms with E-state index in [0.29, 0.717) is 27.6 Å². The van der Waals surface area contributed by atoms with Gasteiger partial charge in [-0.2, -0.15) is 0 Å². The molecule has 0 bridgehead atoms. The maximum absolute atomic E-state index is 12.9. The van der Waals surface area contributed by atoms with Crippen LogP contribution in [-0.2, 0) is 14.3 Å². The molecule has 0 fully saturated rings. The topological polar surface area (TPSA) is 90.9 Å². The highest BCUT2D eigenvalue weighted by molar-refractivity contribution is 6.31. The summed E-state index contributed by atoms with van der Waals surface area (Å²) < 4.78 is 15.4. The average molecular weight is 480 g/mol. The first-order valence-electron chi connectivity index (χ1n) is 10.2. The molecule has 3 aromatic rings. The minimum atomic E-state index is -0.707. The summed E-state index contributed by atoms with van der Waals surface area (Å²) in [7, 11) is 3.04. The fourth-order valence-electron chi connectivity index (χ4n) is 3.05. The Morgan fingerprint density at radius 2 is 1.65 bits per heavy atom. The summed E-state index contributed by atoms with van der Waals surface area (Å²) in [4.78, 5) is 37.2. The molecule has 34 heavy (non-hydrogen) atoms. The van der Waals surface area contributed by atoms with Crippen LogP contribution in [0.3, 0.4) is 0 Å². The lowest BCUT2D eigenvalue weighted by Crippen LogP contribution is -2.21.